The Morgan fingerprint density at radius 1 is 1.32 bits per heavy atom. The highest BCUT2D eigenvalue weighted by Crippen LogP contribution is 2.20. The number of carbonyl (C=O) groups excluding carboxylic acids is 1. The molecule has 2 N–H and O–H groups in total. The zero-order chi connectivity index (χ0) is 16.1. The Kier molecular flexibility index (Phi) is 5.94. The molecule has 1 unspecified atom stereocenters. The average Bonchev–Trinajstić information content (AvgIpc) is 2.88. The molecule has 0 radical (unpaired) electrons. The maximum absolute atomic E-state index is 12.4. The predicted octanol–water partition coefficient (Wildman–Crippen LogP) is 2.07. The first-order valence-electron chi connectivity index (χ1n) is 8.42. The van der Waals surface area contributed by atoms with Crippen LogP contribution in [0.25, 0.3) is 0 Å². The molecule has 1 fully saturated rings. The van der Waals surface area contributed by atoms with Crippen molar-refractivity contribution in [1.82, 2.24) is 25.6 Å². The van der Waals surface area contributed by atoms with E-state index in [0.717, 1.165) is 44.5 Å². The second kappa shape index (κ2) is 7.72. The first kappa shape index (κ1) is 16.9. The first-order valence-corrected chi connectivity index (χ1v) is 8.42. The van der Waals surface area contributed by atoms with E-state index in [1.54, 1.807) is 0 Å². The van der Waals surface area contributed by atoms with Crippen LogP contribution in [-0.2, 0) is 0 Å². The van der Waals surface area contributed by atoms with Crippen molar-refractivity contribution in [2.24, 2.45) is 5.92 Å². The third-order valence-electron chi connectivity index (χ3n) is 4.35. The second-order valence-corrected chi connectivity index (χ2v) is 6.79. The van der Waals surface area contributed by atoms with Gasteiger partial charge in [-0.15, -0.1) is 5.10 Å². The van der Waals surface area contributed by atoms with Crippen LogP contribution >= 0.6 is 0 Å². The molecular weight excluding hydrogens is 278 g/mol. The van der Waals surface area contributed by atoms with Crippen LogP contribution in [0, 0.1) is 12.8 Å². The topological polar surface area (TPSA) is 71.8 Å². The quantitative estimate of drug-likeness (QED) is 0.844. The van der Waals surface area contributed by atoms with Gasteiger partial charge in [-0.3, -0.25) is 4.79 Å². The zero-order valence-corrected chi connectivity index (χ0v) is 14.2. The average molecular weight is 307 g/mol. The minimum Gasteiger partial charge on any atom is -0.348 e. The van der Waals surface area contributed by atoms with Gasteiger partial charge in [0, 0.05) is 6.04 Å². The van der Waals surface area contributed by atoms with E-state index < -0.39 is 0 Å². The molecule has 0 saturated carbocycles. The first-order chi connectivity index (χ1) is 10.5. The fourth-order valence-corrected chi connectivity index (χ4v) is 2.90. The summed E-state index contributed by atoms with van der Waals surface area (Å²) in [4.78, 5) is 12.4. The summed E-state index contributed by atoms with van der Waals surface area (Å²) in [5, 5.41) is 14.7. The van der Waals surface area contributed by atoms with E-state index in [1.165, 1.54) is 0 Å². The summed E-state index contributed by atoms with van der Waals surface area (Å²) < 4.78 is 1.93. The van der Waals surface area contributed by atoms with Gasteiger partial charge in [0.1, 0.15) is 0 Å². The molecule has 124 valence electrons. The van der Waals surface area contributed by atoms with Gasteiger partial charge in [-0.2, -0.15) is 0 Å². The smallest absolute Gasteiger partial charge is 0.273 e. The van der Waals surface area contributed by atoms with Crippen LogP contribution in [0.5, 0.6) is 0 Å². The van der Waals surface area contributed by atoms with Crippen LogP contribution in [0.3, 0.4) is 0 Å². The molecule has 0 aliphatic carbocycles. The molecular formula is C16H29N5O. The van der Waals surface area contributed by atoms with Crippen LogP contribution in [0.4, 0.5) is 0 Å². The number of nitrogens with zero attached hydrogens (tertiary/aromatic N) is 3. The number of nitrogens with one attached hydrogen (secondary N) is 2. The van der Waals surface area contributed by atoms with Crippen molar-refractivity contribution in [2.45, 2.75) is 65.5 Å². The van der Waals surface area contributed by atoms with Gasteiger partial charge >= 0.3 is 0 Å². The lowest BCUT2D eigenvalue weighted by atomic mass is 10.0. The zero-order valence-electron chi connectivity index (χ0n) is 14.2. The number of carbonyl (C=O) groups is 1. The molecule has 6 nitrogen and oxygen atoms in total. The van der Waals surface area contributed by atoms with Gasteiger partial charge in [-0.05, 0) is 58.5 Å². The van der Waals surface area contributed by atoms with Crippen molar-refractivity contribution in [3.63, 3.8) is 0 Å². The highest BCUT2D eigenvalue weighted by atomic mass is 16.2. The Bertz CT molecular complexity index is 491. The van der Waals surface area contributed by atoms with E-state index in [1.807, 2.05) is 18.5 Å². The van der Waals surface area contributed by atoms with Crippen molar-refractivity contribution >= 4 is 5.91 Å². The third kappa shape index (κ3) is 4.29. The Labute approximate surface area is 133 Å². The summed E-state index contributed by atoms with van der Waals surface area (Å²) in [5.41, 5.74) is 1.34. The molecule has 1 aromatic heterocycles. The standard InChI is InChI=1S/C16H29N5O/c1-11(2)5-6-12(3)18-16(22)15-13(4)21(20-19-15)14-7-9-17-10-8-14/h11-12,14,17H,5-10H2,1-4H3,(H,18,22). The van der Waals surface area contributed by atoms with Crippen LogP contribution in [-0.4, -0.2) is 40.0 Å². The molecule has 1 aliphatic rings. The predicted molar refractivity (Wildman–Crippen MR) is 86.9 cm³/mol. The molecule has 22 heavy (non-hydrogen) atoms. The van der Waals surface area contributed by atoms with Gasteiger partial charge in [0.25, 0.3) is 5.91 Å². The Hall–Kier alpha value is -1.43. The van der Waals surface area contributed by atoms with E-state index in [2.05, 4.69) is 34.8 Å². The van der Waals surface area contributed by atoms with Gasteiger partial charge < -0.3 is 10.6 Å². The molecule has 1 saturated heterocycles. The lowest BCUT2D eigenvalue weighted by Gasteiger charge is -2.23. The molecule has 1 amide bonds. The molecule has 0 bridgehead atoms. The SMILES string of the molecule is Cc1c(C(=O)NC(C)CCC(C)C)nnn1C1CCNCC1. The Balaban J connectivity index is 1.97. The molecule has 0 aromatic carbocycles. The Morgan fingerprint density at radius 2 is 2.00 bits per heavy atom. The summed E-state index contributed by atoms with van der Waals surface area (Å²) in [6.45, 7) is 10.4. The van der Waals surface area contributed by atoms with Gasteiger partial charge in [0.05, 0.1) is 11.7 Å². The fourth-order valence-electron chi connectivity index (χ4n) is 2.90. The molecule has 1 atom stereocenters. The van der Waals surface area contributed by atoms with E-state index >= 15 is 0 Å². The molecule has 1 aromatic rings. The van der Waals surface area contributed by atoms with Gasteiger partial charge in [0.15, 0.2) is 5.69 Å². The van der Waals surface area contributed by atoms with E-state index in [-0.39, 0.29) is 11.9 Å². The van der Waals surface area contributed by atoms with E-state index in [0.29, 0.717) is 17.7 Å². The van der Waals surface area contributed by atoms with Gasteiger partial charge in [0.2, 0.25) is 0 Å². The maximum Gasteiger partial charge on any atom is 0.273 e. The van der Waals surface area contributed by atoms with Gasteiger partial charge in [-0.1, -0.05) is 19.1 Å². The minimum absolute atomic E-state index is 0.103. The number of aromatic nitrogens is 3. The lowest BCUT2D eigenvalue weighted by molar-refractivity contribution is 0.0931. The van der Waals surface area contributed by atoms with Crippen molar-refractivity contribution < 1.29 is 4.79 Å². The largest absolute Gasteiger partial charge is 0.348 e. The molecule has 2 rings (SSSR count). The Morgan fingerprint density at radius 3 is 2.64 bits per heavy atom. The van der Waals surface area contributed by atoms with Crippen LogP contribution < -0.4 is 10.6 Å². The summed E-state index contributed by atoms with van der Waals surface area (Å²) in [5.74, 6) is 0.552. The summed E-state index contributed by atoms with van der Waals surface area (Å²) >= 11 is 0. The van der Waals surface area contributed by atoms with Crippen molar-refractivity contribution in [2.75, 3.05) is 13.1 Å². The maximum atomic E-state index is 12.4. The summed E-state index contributed by atoms with van der Waals surface area (Å²) in [6.07, 6.45) is 4.18. The van der Waals surface area contributed by atoms with Crippen molar-refractivity contribution in [3.8, 4) is 0 Å². The second-order valence-electron chi connectivity index (χ2n) is 6.79. The number of piperidine rings is 1. The normalized spacial score (nSPS) is 17.7. The highest BCUT2D eigenvalue weighted by molar-refractivity contribution is 5.93. The van der Waals surface area contributed by atoms with Crippen LogP contribution in [0.1, 0.15) is 68.7 Å². The molecule has 0 spiro atoms. The fraction of sp³-hybridized carbons (Fsp3) is 0.812. The minimum atomic E-state index is -0.103. The third-order valence-corrected chi connectivity index (χ3v) is 4.35. The molecule has 2 heterocycles. The summed E-state index contributed by atoms with van der Waals surface area (Å²) in [7, 11) is 0. The number of rotatable bonds is 6. The van der Waals surface area contributed by atoms with Crippen LogP contribution in [0.15, 0.2) is 0 Å². The molecule has 6 heteroatoms. The highest BCUT2D eigenvalue weighted by Gasteiger charge is 2.23. The molecule has 1 aliphatic heterocycles. The number of hydrogen-bond donors (Lipinski definition) is 2. The monoisotopic (exact) mass is 307 g/mol. The lowest BCUT2D eigenvalue weighted by Crippen LogP contribution is -2.33. The summed E-state index contributed by atoms with van der Waals surface area (Å²) in [6, 6.07) is 0.520. The van der Waals surface area contributed by atoms with Crippen molar-refractivity contribution in [1.29, 1.82) is 0 Å². The van der Waals surface area contributed by atoms with E-state index in [9.17, 15) is 4.79 Å². The van der Waals surface area contributed by atoms with Crippen LogP contribution in [0.2, 0.25) is 0 Å². The van der Waals surface area contributed by atoms with Crippen molar-refractivity contribution in [3.05, 3.63) is 11.4 Å². The van der Waals surface area contributed by atoms with Gasteiger partial charge in [-0.25, -0.2) is 4.68 Å². The number of amides is 1. The van der Waals surface area contributed by atoms with E-state index in [4.69, 9.17) is 0 Å². The number of hydrogen-bond acceptors (Lipinski definition) is 4.